The minimum absolute atomic E-state index is 0. The minimum Gasteiger partial charge on any atom is -0.353 e. The number of aryl methyl sites for hydroxylation is 3. The molecule has 0 saturated carbocycles. The summed E-state index contributed by atoms with van der Waals surface area (Å²) >= 11 is 0. The first-order valence-electron chi connectivity index (χ1n) is 20.9. The van der Waals surface area contributed by atoms with E-state index < -0.39 is 0 Å². The molecular weight excluding hydrogens is 937 g/mol. The minimum atomic E-state index is -0.197. The second kappa shape index (κ2) is 14.9. The Kier molecular flexibility index (Phi) is 9.10. The molecule has 5 nitrogen and oxygen atoms in total. The molecule has 2 aliphatic heterocycles. The number of rotatable bonds is 5. The summed E-state index contributed by atoms with van der Waals surface area (Å²) in [6.45, 7) is 6.38. The van der Waals surface area contributed by atoms with Gasteiger partial charge in [0.2, 0.25) is 6.71 Å². The molecule has 0 bridgehead atoms. The largest absolute Gasteiger partial charge is 2.00 e. The predicted molar refractivity (Wildman–Crippen MR) is 253 cm³/mol. The summed E-state index contributed by atoms with van der Waals surface area (Å²) in [6, 6.07) is 68.7. The summed E-state index contributed by atoms with van der Waals surface area (Å²) in [4.78, 5) is 15.2. The molecule has 0 aliphatic carbocycles. The number of pyridine rings is 1. The standard InChI is InChI=1S/C55H38BN5.Pt/c1-35-29-36(2)54(37(3)30-35)61-50-22-13-12-21-46(50)58-55(61)40-26-28-49-45(32-40)56-44-31-39(47-33-38-15-10-11-16-41(38)34-57-47)25-27-48(44)59(42-17-6-4-7-18-42)51-23-14-24-52(53(51)56)60(49)43-19-8-5-9-20-43;/h4-30,33-34H,1-3H3;/q-2;+2. The fourth-order valence-corrected chi connectivity index (χ4v) is 9.93. The van der Waals surface area contributed by atoms with E-state index in [1.165, 1.54) is 22.2 Å². The molecule has 0 amide bonds. The first-order chi connectivity index (χ1) is 30.0. The molecule has 62 heavy (non-hydrogen) atoms. The third-order valence-electron chi connectivity index (χ3n) is 12.4. The van der Waals surface area contributed by atoms with E-state index in [4.69, 9.17) is 9.97 Å². The molecule has 0 N–H and O–H groups in total. The molecule has 2 aromatic heterocycles. The number of para-hydroxylation sites is 4. The number of nitrogens with zero attached hydrogens (tertiary/aromatic N) is 5. The molecule has 0 saturated heterocycles. The summed E-state index contributed by atoms with van der Waals surface area (Å²) in [5, 5.41) is 2.27. The maximum Gasteiger partial charge on any atom is 2.00 e. The van der Waals surface area contributed by atoms with Gasteiger partial charge in [0.05, 0.1) is 16.9 Å². The van der Waals surface area contributed by atoms with Crippen LogP contribution in [0.5, 0.6) is 0 Å². The van der Waals surface area contributed by atoms with Crippen molar-refractivity contribution in [1.82, 2.24) is 14.5 Å². The van der Waals surface area contributed by atoms with E-state index in [1.807, 2.05) is 6.20 Å². The zero-order valence-electron chi connectivity index (χ0n) is 34.4. The number of aromatic nitrogens is 3. The van der Waals surface area contributed by atoms with Crippen LogP contribution in [0.3, 0.4) is 0 Å². The van der Waals surface area contributed by atoms with Crippen LogP contribution in [0.4, 0.5) is 34.1 Å². The number of benzene rings is 8. The molecule has 0 spiro atoms. The molecule has 0 fully saturated rings. The van der Waals surface area contributed by atoms with Crippen molar-refractivity contribution in [1.29, 1.82) is 0 Å². The topological polar surface area (TPSA) is 37.2 Å². The van der Waals surface area contributed by atoms with Gasteiger partial charge >= 0.3 is 21.1 Å². The summed E-state index contributed by atoms with van der Waals surface area (Å²) in [7, 11) is 0. The fraction of sp³-hybridized carbons (Fsp3) is 0.0545. The van der Waals surface area contributed by atoms with E-state index >= 15 is 0 Å². The van der Waals surface area contributed by atoms with Gasteiger partial charge in [-0.15, -0.1) is 58.5 Å². The number of hydrogen-bond donors (Lipinski definition) is 0. The van der Waals surface area contributed by atoms with Gasteiger partial charge in [-0.2, -0.15) is 0 Å². The zero-order valence-corrected chi connectivity index (χ0v) is 36.6. The van der Waals surface area contributed by atoms with Crippen LogP contribution in [-0.4, -0.2) is 21.2 Å². The van der Waals surface area contributed by atoms with Crippen molar-refractivity contribution < 1.29 is 21.1 Å². The van der Waals surface area contributed by atoms with Crippen molar-refractivity contribution >= 4 is 79.0 Å². The first kappa shape index (κ1) is 38.0. The normalized spacial score (nSPS) is 12.5. The molecule has 296 valence electrons. The molecule has 0 radical (unpaired) electrons. The Bertz CT molecular complexity index is 3340. The third kappa shape index (κ3) is 5.89. The van der Waals surface area contributed by atoms with Crippen LogP contribution >= 0.6 is 0 Å². The van der Waals surface area contributed by atoms with Crippen LogP contribution in [0.2, 0.25) is 0 Å². The summed E-state index contributed by atoms with van der Waals surface area (Å²) in [6.07, 6.45) is 1.97. The SMILES string of the molecule is Cc1cc(C)c(-n2c(-c3[c-]c4c(cc3)N(c3ccccc3)c3cccc5c3B4c3[c-]c(-c4cc6ccccc6cn4)ccc3N5c3ccccc3)nc3ccccc32)c(C)c1.[Pt+2]. The van der Waals surface area contributed by atoms with Crippen LogP contribution in [0, 0.1) is 32.9 Å². The van der Waals surface area contributed by atoms with Crippen molar-refractivity contribution in [2.45, 2.75) is 20.8 Å². The molecule has 0 atom stereocenters. The van der Waals surface area contributed by atoms with Gasteiger partial charge in [-0.25, -0.2) is 0 Å². The average Bonchev–Trinajstić information content (AvgIpc) is 3.67. The maximum atomic E-state index is 5.39. The van der Waals surface area contributed by atoms with Crippen molar-refractivity contribution in [2.24, 2.45) is 0 Å². The Morgan fingerprint density at radius 1 is 0.516 bits per heavy atom. The quantitative estimate of drug-likeness (QED) is 0.127. The second-order valence-electron chi connectivity index (χ2n) is 16.3. The summed E-state index contributed by atoms with van der Waals surface area (Å²) in [5.74, 6) is 0.865. The molecular formula is C55H38BN5Pt. The van der Waals surface area contributed by atoms with E-state index in [0.717, 1.165) is 95.2 Å². The van der Waals surface area contributed by atoms with Gasteiger partial charge in [0.15, 0.2) is 0 Å². The predicted octanol–water partition coefficient (Wildman–Crippen LogP) is 11.5. The summed E-state index contributed by atoms with van der Waals surface area (Å²) < 4.78 is 2.34. The van der Waals surface area contributed by atoms with Gasteiger partial charge in [-0.1, -0.05) is 103 Å². The average molecular weight is 975 g/mol. The van der Waals surface area contributed by atoms with Gasteiger partial charge in [-0.3, -0.25) is 4.98 Å². The Hall–Kier alpha value is -7.01. The number of hydrogen-bond acceptors (Lipinski definition) is 4. The molecule has 8 aromatic carbocycles. The zero-order chi connectivity index (χ0) is 40.8. The molecule has 2 aliphatic rings. The number of fused-ring (bicyclic) bond motifs is 6. The van der Waals surface area contributed by atoms with Crippen LogP contribution in [-0.2, 0) is 21.1 Å². The van der Waals surface area contributed by atoms with Crippen molar-refractivity contribution in [3.05, 3.63) is 205 Å². The van der Waals surface area contributed by atoms with E-state index in [9.17, 15) is 0 Å². The Morgan fingerprint density at radius 2 is 1.08 bits per heavy atom. The van der Waals surface area contributed by atoms with Crippen LogP contribution in [0.15, 0.2) is 176 Å². The number of anilines is 6. The Labute approximate surface area is 376 Å². The van der Waals surface area contributed by atoms with E-state index in [2.05, 4.69) is 217 Å². The monoisotopic (exact) mass is 974 g/mol. The fourth-order valence-electron chi connectivity index (χ4n) is 9.93. The molecule has 7 heteroatoms. The molecule has 12 rings (SSSR count). The van der Waals surface area contributed by atoms with Crippen molar-refractivity contribution in [3.63, 3.8) is 0 Å². The summed E-state index contributed by atoms with van der Waals surface area (Å²) in [5.41, 5.74) is 19.6. The van der Waals surface area contributed by atoms with Gasteiger partial charge in [-0.05, 0) is 114 Å². The Morgan fingerprint density at radius 3 is 1.74 bits per heavy atom. The van der Waals surface area contributed by atoms with Crippen molar-refractivity contribution in [3.8, 4) is 28.3 Å². The van der Waals surface area contributed by atoms with Gasteiger partial charge in [0.25, 0.3) is 0 Å². The maximum absolute atomic E-state index is 5.39. The van der Waals surface area contributed by atoms with E-state index in [-0.39, 0.29) is 27.8 Å². The van der Waals surface area contributed by atoms with Gasteiger partial charge < -0.3 is 19.4 Å². The van der Waals surface area contributed by atoms with E-state index in [1.54, 1.807) is 0 Å². The first-order valence-corrected chi connectivity index (χ1v) is 20.9. The van der Waals surface area contributed by atoms with Gasteiger partial charge in [0, 0.05) is 34.6 Å². The Balaban J connectivity index is 0.00000432. The van der Waals surface area contributed by atoms with Crippen LogP contribution in [0.1, 0.15) is 16.7 Å². The third-order valence-corrected chi connectivity index (χ3v) is 12.4. The van der Waals surface area contributed by atoms with Crippen LogP contribution in [0.25, 0.3) is 50.1 Å². The van der Waals surface area contributed by atoms with Crippen molar-refractivity contribution in [2.75, 3.05) is 9.80 Å². The smallest absolute Gasteiger partial charge is 0.353 e. The molecule has 4 heterocycles. The second-order valence-corrected chi connectivity index (χ2v) is 16.3. The van der Waals surface area contributed by atoms with E-state index in [0.29, 0.717) is 0 Å². The number of imidazole rings is 1. The van der Waals surface area contributed by atoms with Crippen LogP contribution < -0.4 is 26.2 Å². The van der Waals surface area contributed by atoms with Gasteiger partial charge in [0.1, 0.15) is 0 Å². The molecule has 10 aromatic rings. The molecule has 0 unspecified atom stereocenters.